The molecular weight excluding hydrogens is 462 g/mol. The molecule has 2 aromatic rings. The molecule has 1 saturated heterocycles. The van der Waals surface area contributed by atoms with Gasteiger partial charge in [-0.3, -0.25) is 14.9 Å². The van der Waals surface area contributed by atoms with Crippen LogP contribution in [0.3, 0.4) is 0 Å². The Labute approximate surface area is 180 Å². The fraction of sp³-hybridized carbons (Fsp3) is 0.389. The summed E-state index contributed by atoms with van der Waals surface area (Å²) >= 11 is 4.67. The maximum absolute atomic E-state index is 12.7. The highest BCUT2D eigenvalue weighted by atomic mass is 79.9. The van der Waals surface area contributed by atoms with Crippen LogP contribution < -0.4 is 10.6 Å². The summed E-state index contributed by atoms with van der Waals surface area (Å²) < 4.78 is 5.71. The zero-order valence-electron chi connectivity index (χ0n) is 15.7. The van der Waals surface area contributed by atoms with Crippen LogP contribution in [0.5, 0.6) is 0 Å². The number of rotatable bonds is 6. The van der Waals surface area contributed by atoms with Crippen molar-refractivity contribution in [2.75, 3.05) is 25.0 Å². The van der Waals surface area contributed by atoms with Crippen molar-refractivity contribution < 1.29 is 19.1 Å². The van der Waals surface area contributed by atoms with E-state index in [1.165, 1.54) is 16.2 Å². The number of nitrogens with one attached hydrogen (secondary N) is 2. The van der Waals surface area contributed by atoms with Crippen molar-refractivity contribution in [2.24, 2.45) is 0 Å². The van der Waals surface area contributed by atoms with Crippen molar-refractivity contribution in [1.82, 2.24) is 20.4 Å². The van der Waals surface area contributed by atoms with Crippen LogP contribution in [0.2, 0.25) is 0 Å². The van der Waals surface area contributed by atoms with Crippen LogP contribution in [0.25, 0.3) is 10.6 Å². The van der Waals surface area contributed by atoms with Gasteiger partial charge >= 0.3 is 12.0 Å². The summed E-state index contributed by atoms with van der Waals surface area (Å²) in [5.41, 5.74) is 0.887. The summed E-state index contributed by atoms with van der Waals surface area (Å²) in [6.45, 7) is 2.14. The molecule has 2 heterocycles. The van der Waals surface area contributed by atoms with E-state index in [2.05, 4.69) is 36.8 Å². The van der Waals surface area contributed by atoms with Crippen LogP contribution >= 0.6 is 27.3 Å². The molecule has 0 bridgehead atoms. The average Bonchev–Trinajstić information content (AvgIpc) is 3.36. The molecule has 1 aromatic heterocycles. The Hall–Kier alpha value is -2.53. The largest absolute Gasteiger partial charge is 0.465 e. The molecule has 1 fully saturated rings. The minimum Gasteiger partial charge on any atom is -0.465 e. The fourth-order valence-corrected chi connectivity index (χ4v) is 4.09. The van der Waals surface area contributed by atoms with E-state index in [-0.39, 0.29) is 19.1 Å². The molecule has 1 atom stereocenters. The van der Waals surface area contributed by atoms with Crippen LogP contribution in [0.1, 0.15) is 19.8 Å². The molecular formula is C18H20BrN5O4S. The highest BCUT2D eigenvalue weighted by Crippen LogP contribution is 2.29. The number of benzene rings is 1. The number of urea groups is 1. The molecule has 29 heavy (non-hydrogen) atoms. The van der Waals surface area contributed by atoms with Crippen LogP contribution in [-0.2, 0) is 14.3 Å². The maximum atomic E-state index is 12.7. The standard InChI is InChI=1S/C18H20BrN5O4S/c1-2-28-14(25)10-20-18(27)24-8-4-7-13(24)15(26)21-17-23-22-16(29-17)11-5-3-6-12(19)9-11/h3,5-6,9,13H,2,4,7-8,10H2,1H3,(H,20,27)(H,21,23,26). The minimum atomic E-state index is -0.629. The number of hydrogen-bond donors (Lipinski definition) is 2. The number of carbonyl (C=O) groups is 3. The molecule has 11 heteroatoms. The first-order valence-corrected chi connectivity index (χ1v) is 10.7. The maximum Gasteiger partial charge on any atom is 0.325 e. The Morgan fingerprint density at radius 3 is 2.93 bits per heavy atom. The van der Waals surface area contributed by atoms with Crippen LogP contribution in [0, 0.1) is 0 Å². The third-order valence-electron chi connectivity index (χ3n) is 4.23. The molecule has 0 radical (unpaired) electrons. The number of amides is 3. The third-order valence-corrected chi connectivity index (χ3v) is 5.61. The Morgan fingerprint density at radius 1 is 1.34 bits per heavy atom. The highest BCUT2D eigenvalue weighted by Gasteiger charge is 2.34. The lowest BCUT2D eigenvalue weighted by Gasteiger charge is -2.23. The third kappa shape index (κ3) is 5.51. The minimum absolute atomic E-state index is 0.232. The van der Waals surface area contributed by atoms with E-state index in [1.54, 1.807) is 6.92 Å². The first kappa shape index (κ1) is 21.2. The van der Waals surface area contributed by atoms with Crippen LogP contribution in [0.4, 0.5) is 9.93 Å². The number of ether oxygens (including phenoxy) is 1. The molecule has 1 unspecified atom stereocenters. The smallest absolute Gasteiger partial charge is 0.325 e. The second kappa shape index (κ2) is 9.79. The number of esters is 1. The topological polar surface area (TPSA) is 114 Å². The second-order valence-corrected chi connectivity index (χ2v) is 8.12. The fourth-order valence-electron chi connectivity index (χ4n) is 2.94. The molecule has 1 aliphatic rings. The Balaban J connectivity index is 1.60. The summed E-state index contributed by atoms with van der Waals surface area (Å²) in [4.78, 5) is 37.8. The molecule has 3 rings (SSSR count). The van der Waals surface area contributed by atoms with Gasteiger partial charge < -0.3 is 15.0 Å². The molecule has 0 saturated carbocycles. The van der Waals surface area contributed by atoms with Gasteiger partial charge in [-0.2, -0.15) is 0 Å². The molecule has 3 amide bonds. The Kier molecular flexibility index (Phi) is 7.15. The molecule has 1 aromatic carbocycles. The number of aromatic nitrogens is 2. The first-order valence-electron chi connectivity index (χ1n) is 9.08. The predicted octanol–water partition coefficient (Wildman–Crippen LogP) is 2.64. The first-order chi connectivity index (χ1) is 14.0. The molecule has 154 valence electrons. The van der Waals surface area contributed by atoms with Crippen molar-refractivity contribution in [3.63, 3.8) is 0 Å². The summed E-state index contributed by atoms with van der Waals surface area (Å²) in [5.74, 6) is -0.847. The van der Waals surface area contributed by atoms with Crippen molar-refractivity contribution in [3.05, 3.63) is 28.7 Å². The zero-order valence-corrected chi connectivity index (χ0v) is 18.1. The van der Waals surface area contributed by atoms with E-state index in [0.717, 1.165) is 10.0 Å². The summed E-state index contributed by atoms with van der Waals surface area (Å²) in [6, 6.07) is 6.53. The number of likely N-dealkylation sites (tertiary alicyclic amines) is 1. The van der Waals surface area contributed by atoms with Crippen molar-refractivity contribution in [1.29, 1.82) is 0 Å². The van der Waals surface area contributed by atoms with Gasteiger partial charge in [-0.05, 0) is 31.9 Å². The SMILES string of the molecule is CCOC(=O)CNC(=O)N1CCCC1C(=O)Nc1nnc(-c2cccc(Br)c2)s1. The van der Waals surface area contributed by atoms with Crippen molar-refractivity contribution >= 4 is 50.3 Å². The van der Waals surface area contributed by atoms with Crippen LogP contribution in [0.15, 0.2) is 28.7 Å². The monoisotopic (exact) mass is 481 g/mol. The van der Waals surface area contributed by atoms with Crippen molar-refractivity contribution in [2.45, 2.75) is 25.8 Å². The quantitative estimate of drug-likeness (QED) is 0.613. The molecule has 1 aliphatic heterocycles. The van der Waals surface area contributed by atoms with Gasteiger partial charge in [-0.15, -0.1) is 10.2 Å². The van der Waals surface area contributed by atoms with Crippen LogP contribution in [-0.4, -0.2) is 58.7 Å². The van der Waals surface area contributed by atoms with E-state index < -0.39 is 18.0 Å². The van der Waals surface area contributed by atoms with Gasteiger partial charge in [-0.1, -0.05) is 39.4 Å². The molecule has 0 aliphatic carbocycles. The zero-order chi connectivity index (χ0) is 20.8. The van der Waals surface area contributed by atoms with E-state index in [9.17, 15) is 14.4 Å². The average molecular weight is 482 g/mol. The molecule has 0 spiro atoms. The Bertz CT molecular complexity index is 906. The summed E-state index contributed by atoms with van der Waals surface area (Å²) in [5, 5.41) is 14.4. The van der Waals surface area contributed by atoms with Gasteiger partial charge in [0.05, 0.1) is 6.61 Å². The summed E-state index contributed by atoms with van der Waals surface area (Å²) in [7, 11) is 0. The van der Waals surface area contributed by atoms with Gasteiger partial charge in [0.15, 0.2) is 0 Å². The molecule has 2 N–H and O–H groups in total. The number of nitrogens with zero attached hydrogens (tertiary/aromatic N) is 3. The predicted molar refractivity (Wildman–Crippen MR) is 111 cm³/mol. The van der Waals surface area contributed by atoms with Crippen molar-refractivity contribution in [3.8, 4) is 10.6 Å². The molecule has 9 nitrogen and oxygen atoms in total. The lowest BCUT2D eigenvalue weighted by molar-refractivity contribution is -0.141. The summed E-state index contributed by atoms with van der Waals surface area (Å²) in [6.07, 6.45) is 1.24. The van der Waals surface area contributed by atoms with E-state index in [4.69, 9.17) is 4.74 Å². The number of hydrogen-bond acceptors (Lipinski definition) is 7. The van der Waals surface area contributed by atoms with E-state index in [0.29, 0.717) is 29.5 Å². The van der Waals surface area contributed by atoms with Gasteiger partial charge in [0.25, 0.3) is 0 Å². The van der Waals surface area contributed by atoms with Gasteiger partial charge in [0.2, 0.25) is 11.0 Å². The number of anilines is 1. The highest BCUT2D eigenvalue weighted by molar-refractivity contribution is 9.10. The van der Waals surface area contributed by atoms with E-state index >= 15 is 0 Å². The Morgan fingerprint density at radius 2 is 2.17 bits per heavy atom. The number of halogens is 1. The normalized spacial score (nSPS) is 15.8. The lowest BCUT2D eigenvalue weighted by atomic mass is 10.2. The van der Waals surface area contributed by atoms with Gasteiger partial charge in [0.1, 0.15) is 17.6 Å². The van der Waals surface area contributed by atoms with Gasteiger partial charge in [-0.25, -0.2) is 4.79 Å². The second-order valence-electron chi connectivity index (χ2n) is 6.23. The van der Waals surface area contributed by atoms with E-state index in [1.807, 2.05) is 24.3 Å². The van der Waals surface area contributed by atoms with Gasteiger partial charge in [0, 0.05) is 16.6 Å². The number of carbonyl (C=O) groups excluding carboxylic acids is 3. The lowest BCUT2D eigenvalue weighted by Crippen LogP contribution is -2.48.